The quantitative estimate of drug-likeness (QED) is 0.816. The molecule has 0 spiro atoms. The molecular formula is C18H26N2O3. The molecule has 0 saturated carbocycles. The maximum Gasteiger partial charge on any atom is 0.253 e. The van der Waals surface area contributed by atoms with Crippen LogP contribution in [0.4, 0.5) is 0 Å². The summed E-state index contributed by atoms with van der Waals surface area (Å²) >= 11 is 0. The van der Waals surface area contributed by atoms with E-state index in [0.29, 0.717) is 26.2 Å². The molecule has 2 rings (SSSR count). The minimum atomic E-state index is 0.0131. The number of methoxy groups -OCH3 is 1. The fraction of sp³-hybridized carbons (Fsp3) is 0.556. The smallest absolute Gasteiger partial charge is 0.253 e. The Morgan fingerprint density at radius 2 is 2.04 bits per heavy atom. The number of aryl methyl sites for hydroxylation is 1. The van der Waals surface area contributed by atoms with Crippen molar-refractivity contribution >= 4 is 11.8 Å². The molecule has 0 aliphatic carbocycles. The maximum absolute atomic E-state index is 12.5. The number of piperidine rings is 1. The van der Waals surface area contributed by atoms with Gasteiger partial charge < -0.3 is 15.0 Å². The Balaban J connectivity index is 1.79. The second-order valence-electron chi connectivity index (χ2n) is 6.07. The van der Waals surface area contributed by atoms with Gasteiger partial charge >= 0.3 is 0 Å². The van der Waals surface area contributed by atoms with E-state index in [1.165, 1.54) is 0 Å². The van der Waals surface area contributed by atoms with E-state index < -0.39 is 0 Å². The number of likely N-dealkylation sites (tertiary alicyclic amines) is 1. The number of nitrogens with one attached hydrogen (secondary N) is 1. The van der Waals surface area contributed by atoms with E-state index in [9.17, 15) is 9.59 Å². The van der Waals surface area contributed by atoms with Crippen molar-refractivity contribution < 1.29 is 14.3 Å². The standard InChI is InChI=1S/C18H26N2O3/c1-14-5-3-6-16(13-14)18(22)20-10-7-15(8-11-20)17(21)19-9-4-12-23-2/h3,5-6,13,15H,4,7-12H2,1-2H3,(H,19,21). The lowest BCUT2D eigenvalue weighted by Gasteiger charge is -2.31. The summed E-state index contributed by atoms with van der Waals surface area (Å²) in [5.74, 6) is 0.176. The Morgan fingerprint density at radius 1 is 1.30 bits per heavy atom. The summed E-state index contributed by atoms with van der Waals surface area (Å²) in [6.45, 7) is 4.57. The average molecular weight is 318 g/mol. The largest absolute Gasteiger partial charge is 0.385 e. The molecule has 1 saturated heterocycles. The summed E-state index contributed by atoms with van der Waals surface area (Å²) in [7, 11) is 1.66. The second kappa shape index (κ2) is 8.67. The predicted molar refractivity (Wildman–Crippen MR) is 89.3 cm³/mol. The number of rotatable bonds is 6. The van der Waals surface area contributed by atoms with E-state index in [-0.39, 0.29) is 17.7 Å². The Labute approximate surface area is 138 Å². The van der Waals surface area contributed by atoms with Crippen molar-refractivity contribution in [3.63, 3.8) is 0 Å². The molecule has 0 atom stereocenters. The van der Waals surface area contributed by atoms with Gasteiger partial charge in [-0.25, -0.2) is 0 Å². The third kappa shape index (κ3) is 5.06. The van der Waals surface area contributed by atoms with Crippen molar-refractivity contribution in [2.24, 2.45) is 5.92 Å². The van der Waals surface area contributed by atoms with E-state index in [1.54, 1.807) is 7.11 Å². The SMILES string of the molecule is COCCCNC(=O)C1CCN(C(=O)c2cccc(C)c2)CC1. The first-order valence-corrected chi connectivity index (χ1v) is 8.24. The van der Waals surface area contributed by atoms with Gasteiger partial charge in [-0.1, -0.05) is 17.7 Å². The molecular weight excluding hydrogens is 292 g/mol. The highest BCUT2D eigenvalue weighted by Gasteiger charge is 2.27. The van der Waals surface area contributed by atoms with E-state index >= 15 is 0 Å². The van der Waals surface area contributed by atoms with Crippen LogP contribution in [0.1, 0.15) is 35.2 Å². The Kier molecular flexibility index (Phi) is 6.59. The van der Waals surface area contributed by atoms with Crippen molar-refractivity contribution in [2.75, 3.05) is 33.4 Å². The van der Waals surface area contributed by atoms with E-state index in [4.69, 9.17) is 4.74 Å². The van der Waals surface area contributed by atoms with Crippen molar-refractivity contribution in [1.29, 1.82) is 0 Å². The molecule has 1 aromatic rings. The summed E-state index contributed by atoms with van der Waals surface area (Å²) in [5.41, 5.74) is 1.81. The minimum absolute atomic E-state index is 0.0131. The summed E-state index contributed by atoms with van der Waals surface area (Å²) in [6, 6.07) is 7.65. The monoisotopic (exact) mass is 318 g/mol. The number of hydrogen-bond acceptors (Lipinski definition) is 3. The molecule has 2 amide bonds. The highest BCUT2D eigenvalue weighted by atomic mass is 16.5. The normalized spacial score (nSPS) is 15.5. The molecule has 0 bridgehead atoms. The lowest BCUT2D eigenvalue weighted by molar-refractivity contribution is -0.126. The Morgan fingerprint density at radius 3 is 2.70 bits per heavy atom. The molecule has 1 N–H and O–H groups in total. The fourth-order valence-electron chi connectivity index (χ4n) is 2.88. The molecule has 5 nitrogen and oxygen atoms in total. The first kappa shape index (κ1) is 17.5. The second-order valence-corrected chi connectivity index (χ2v) is 6.07. The Bertz CT molecular complexity index is 537. The van der Waals surface area contributed by atoms with Crippen LogP contribution in [0.2, 0.25) is 0 Å². The lowest BCUT2D eigenvalue weighted by Crippen LogP contribution is -2.43. The number of benzene rings is 1. The topological polar surface area (TPSA) is 58.6 Å². The highest BCUT2D eigenvalue weighted by Crippen LogP contribution is 2.19. The van der Waals surface area contributed by atoms with Gasteiger partial charge in [0.25, 0.3) is 5.91 Å². The number of carbonyl (C=O) groups is 2. The van der Waals surface area contributed by atoms with Crippen LogP contribution >= 0.6 is 0 Å². The third-order valence-corrected chi connectivity index (χ3v) is 4.24. The van der Waals surface area contributed by atoms with Crippen molar-refractivity contribution in [3.8, 4) is 0 Å². The third-order valence-electron chi connectivity index (χ3n) is 4.24. The van der Waals surface area contributed by atoms with Gasteiger partial charge in [0.2, 0.25) is 5.91 Å². The predicted octanol–water partition coefficient (Wildman–Crippen LogP) is 2.00. The van der Waals surface area contributed by atoms with Crippen LogP contribution in [-0.2, 0) is 9.53 Å². The summed E-state index contributed by atoms with van der Waals surface area (Å²) in [6.07, 6.45) is 2.29. The van der Waals surface area contributed by atoms with Gasteiger partial charge in [-0.05, 0) is 38.3 Å². The van der Waals surface area contributed by atoms with Gasteiger partial charge in [0.15, 0.2) is 0 Å². The number of nitrogens with zero attached hydrogens (tertiary/aromatic N) is 1. The van der Waals surface area contributed by atoms with Gasteiger partial charge in [0, 0.05) is 44.8 Å². The first-order valence-electron chi connectivity index (χ1n) is 8.24. The van der Waals surface area contributed by atoms with Crippen molar-refractivity contribution in [2.45, 2.75) is 26.2 Å². The van der Waals surface area contributed by atoms with Gasteiger partial charge in [-0.2, -0.15) is 0 Å². The van der Waals surface area contributed by atoms with Crippen LogP contribution in [-0.4, -0.2) is 50.1 Å². The molecule has 1 aliphatic heterocycles. The summed E-state index contributed by atoms with van der Waals surface area (Å²) in [4.78, 5) is 26.4. The fourth-order valence-corrected chi connectivity index (χ4v) is 2.88. The molecule has 0 aromatic heterocycles. The summed E-state index contributed by atoms with van der Waals surface area (Å²) in [5, 5.41) is 2.95. The van der Waals surface area contributed by atoms with E-state index in [2.05, 4.69) is 5.32 Å². The molecule has 1 aliphatic rings. The van der Waals surface area contributed by atoms with Crippen LogP contribution < -0.4 is 5.32 Å². The van der Waals surface area contributed by atoms with Gasteiger partial charge in [0.05, 0.1) is 0 Å². The van der Waals surface area contributed by atoms with Crippen LogP contribution in [0.3, 0.4) is 0 Å². The molecule has 1 fully saturated rings. The number of ether oxygens (including phenoxy) is 1. The number of carbonyl (C=O) groups excluding carboxylic acids is 2. The van der Waals surface area contributed by atoms with E-state index in [0.717, 1.165) is 30.4 Å². The maximum atomic E-state index is 12.5. The van der Waals surface area contributed by atoms with Crippen LogP contribution in [0.25, 0.3) is 0 Å². The van der Waals surface area contributed by atoms with Crippen molar-refractivity contribution in [3.05, 3.63) is 35.4 Å². The van der Waals surface area contributed by atoms with E-state index in [1.807, 2.05) is 36.1 Å². The molecule has 126 valence electrons. The molecule has 1 heterocycles. The van der Waals surface area contributed by atoms with Crippen LogP contribution in [0.5, 0.6) is 0 Å². The molecule has 1 aromatic carbocycles. The minimum Gasteiger partial charge on any atom is -0.385 e. The van der Waals surface area contributed by atoms with Crippen LogP contribution in [0, 0.1) is 12.8 Å². The highest BCUT2D eigenvalue weighted by molar-refractivity contribution is 5.94. The lowest BCUT2D eigenvalue weighted by atomic mass is 9.95. The molecule has 0 radical (unpaired) electrons. The molecule has 23 heavy (non-hydrogen) atoms. The van der Waals surface area contributed by atoms with Gasteiger partial charge in [-0.15, -0.1) is 0 Å². The summed E-state index contributed by atoms with van der Waals surface area (Å²) < 4.78 is 4.96. The zero-order valence-corrected chi connectivity index (χ0v) is 14.0. The zero-order valence-electron chi connectivity index (χ0n) is 14.0. The Hall–Kier alpha value is -1.88. The first-order chi connectivity index (χ1) is 11.1. The van der Waals surface area contributed by atoms with Crippen LogP contribution in [0.15, 0.2) is 24.3 Å². The average Bonchev–Trinajstić information content (AvgIpc) is 2.58. The van der Waals surface area contributed by atoms with Gasteiger partial charge in [-0.3, -0.25) is 9.59 Å². The van der Waals surface area contributed by atoms with Crippen molar-refractivity contribution in [1.82, 2.24) is 10.2 Å². The molecule has 5 heteroatoms. The number of amides is 2. The number of hydrogen-bond donors (Lipinski definition) is 1. The van der Waals surface area contributed by atoms with Gasteiger partial charge in [0.1, 0.15) is 0 Å². The molecule has 0 unspecified atom stereocenters. The zero-order chi connectivity index (χ0) is 16.7.